The number of benzene rings is 2. The summed E-state index contributed by atoms with van der Waals surface area (Å²) in [4.78, 5) is 40.0. The molecule has 0 spiro atoms. The van der Waals surface area contributed by atoms with Crippen molar-refractivity contribution in [2.24, 2.45) is 11.8 Å². The highest BCUT2D eigenvalue weighted by molar-refractivity contribution is 5.88. The molecule has 1 aliphatic heterocycles. The Morgan fingerprint density at radius 1 is 0.872 bits per heavy atom. The predicted octanol–water partition coefficient (Wildman–Crippen LogP) is 2.08. The fraction of sp³-hybridized carbons (Fsp3) is 0.571. The molecule has 47 heavy (non-hydrogen) atoms. The maximum absolute atomic E-state index is 13.9. The van der Waals surface area contributed by atoms with Crippen LogP contribution in [0.4, 0.5) is 4.79 Å². The van der Waals surface area contributed by atoms with Crippen LogP contribution in [0.2, 0.25) is 0 Å². The van der Waals surface area contributed by atoms with Crippen LogP contribution in [0.25, 0.3) is 0 Å². The number of aliphatic hydroxyl groups excluding tert-OH is 3. The molecule has 2 aromatic rings. The second kappa shape index (κ2) is 17.6. The van der Waals surface area contributed by atoms with Crippen molar-refractivity contribution in [2.45, 2.75) is 102 Å². The number of hydrogen-bond donors (Lipinski definition) is 6. The fourth-order valence-electron chi connectivity index (χ4n) is 5.44. The fourth-order valence-corrected chi connectivity index (χ4v) is 5.44. The van der Waals surface area contributed by atoms with Crippen LogP contribution in [0.3, 0.4) is 0 Å². The van der Waals surface area contributed by atoms with Crippen molar-refractivity contribution in [1.82, 2.24) is 16.0 Å². The number of carbonyl (C=O) groups is 3. The molecular weight excluding hydrogens is 606 g/mol. The lowest BCUT2D eigenvalue weighted by atomic mass is 9.88. The Balaban J connectivity index is 1.77. The van der Waals surface area contributed by atoms with Gasteiger partial charge in [-0.1, -0.05) is 74.5 Å². The molecule has 1 fully saturated rings. The summed E-state index contributed by atoms with van der Waals surface area (Å²) >= 11 is 0. The van der Waals surface area contributed by atoms with E-state index in [9.17, 15) is 29.7 Å². The zero-order valence-electron chi connectivity index (χ0n) is 28.1. The van der Waals surface area contributed by atoms with E-state index in [0.29, 0.717) is 6.42 Å². The van der Waals surface area contributed by atoms with Crippen LogP contribution in [0.15, 0.2) is 60.7 Å². The van der Waals surface area contributed by atoms with Gasteiger partial charge in [0.1, 0.15) is 30.0 Å². The highest BCUT2D eigenvalue weighted by Crippen LogP contribution is 2.22. The van der Waals surface area contributed by atoms with Crippen molar-refractivity contribution in [1.29, 1.82) is 0 Å². The SMILES string of the molecule is COC1O[C@H](CNC(=O)[C@@H](NC(=O)[C@H](Cc2ccccc2)C[C@H](O)[C@H](Cc2ccccc2)NC(=O)OC(C)(C)C)C(C)C)[C@H](O)[C@H]1O. The Morgan fingerprint density at radius 3 is 1.96 bits per heavy atom. The first-order chi connectivity index (χ1) is 22.2. The quantitative estimate of drug-likeness (QED) is 0.168. The van der Waals surface area contributed by atoms with Gasteiger partial charge >= 0.3 is 6.09 Å². The summed E-state index contributed by atoms with van der Waals surface area (Å²) in [6, 6.07) is 17.0. The maximum atomic E-state index is 13.9. The summed E-state index contributed by atoms with van der Waals surface area (Å²) in [6.07, 6.45) is -5.71. The summed E-state index contributed by atoms with van der Waals surface area (Å²) in [6.45, 7) is 8.72. The van der Waals surface area contributed by atoms with Gasteiger partial charge in [0.05, 0.1) is 12.1 Å². The Kier molecular flexibility index (Phi) is 14.2. The van der Waals surface area contributed by atoms with E-state index in [1.54, 1.807) is 34.6 Å². The van der Waals surface area contributed by atoms with Crippen molar-refractivity contribution in [2.75, 3.05) is 13.7 Å². The molecule has 260 valence electrons. The zero-order valence-corrected chi connectivity index (χ0v) is 28.1. The third-order valence-corrected chi connectivity index (χ3v) is 7.96. The van der Waals surface area contributed by atoms with E-state index in [0.717, 1.165) is 11.1 Å². The van der Waals surface area contributed by atoms with Gasteiger partial charge in [-0.05, 0) is 57.1 Å². The molecular formula is C35H51N3O9. The minimum atomic E-state index is -1.26. The number of hydrogen-bond acceptors (Lipinski definition) is 9. The number of carbonyl (C=O) groups excluding carboxylic acids is 3. The molecule has 0 saturated carbocycles. The smallest absolute Gasteiger partial charge is 0.407 e. The largest absolute Gasteiger partial charge is 0.444 e. The normalized spacial score (nSPS) is 22.2. The first kappa shape index (κ1) is 37.9. The molecule has 2 aromatic carbocycles. The summed E-state index contributed by atoms with van der Waals surface area (Å²) in [5.74, 6) is -2.01. The van der Waals surface area contributed by atoms with Gasteiger partial charge in [0.25, 0.3) is 0 Å². The van der Waals surface area contributed by atoms with Crippen molar-refractivity contribution >= 4 is 17.9 Å². The molecule has 1 aliphatic rings. The lowest BCUT2D eigenvalue weighted by Gasteiger charge is -2.30. The Hall–Kier alpha value is -3.55. The summed E-state index contributed by atoms with van der Waals surface area (Å²) in [5.41, 5.74) is 1.000. The molecule has 3 amide bonds. The van der Waals surface area contributed by atoms with Crippen molar-refractivity contribution < 1.29 is 43.9 Å². The zero-order chi connectivity index (χ0) is 34.7. The Labute approximate surface area is 277 Å². The van der Waals surface area contributed by atoms with E-state index >= 15 is 0 Å². The second-order valence-electron chi connectivity index (χ2n) is 13.4. The minimum absolute atomic E-state index is 0.0150. The van der Waals surface area contributed by atoms with Crippen LogP contribution in [-0.2, 0) is 36.6 Å². The van der Waals surface area contributed by atoms with Gasteiger partial charge in [-0.2, -0.15) is 0 Å². The number of ether oxygens (including phenoxy) is 3. The Morgan fingerprint density at radius 2 is 1.45 bits per heavy atom. The lowest BCUT2D eigenvalue weighted by molar-refractivity contribution is -0.149. The summed E-state index contributed by atoms with van der Waals surface area (Å²) < 4.78 is 16.0. The molecule has 0 aliphatic carbocycles. The van der Waals surface area contributed by atoms with Crippen LogP contribution in [0.5, 0.6) is 0 Å². The standard InChI is InChI=1S/C35H51N3O9/c1-21(2)28(32(43)36-20-27-29(40)30(41)33(45-6)46-27)38-31(42)24(17-22-13-9-7-10-14-22)19-26(39)25(18-23-15-11-8-12-16-23)37-34(44)47-35(3,4)5/h7-16,21,24-30,33,39-41H,17-20H2,1-6H3,(H,36,43)(H,37,44)(H,38,42)/t24-,25+,26+,27-,28+,29+,30-,33?/m1/s1. The average molecular weight is 658 g/mol. The van der Waals surface area contributed by atoms with Crippen molar-refractivity contribution in [3.05, 3.63) is 71.8 Å². The van der Waals surface area contributed by atoms with Crippen LogP contribution in [0.1, 0.15) is 52.2 Å². The second-order valence-corrected chi connectivity index (χ2v) is 13.4. The molecule has 0 aromatic heterocycles. The number of rotatable bonds is 15. The van der Waals surface area contributed by atoms with Gasteiger partial charge in [0.15, 0.2) is 6.29 Å². The number of amides is 3. The van der Waals surface area contributed by atoms with E-state index < -0.39 is 72.2 Å². The molecule has 1 saturated heterocycles. The van der Waals surface area contributed by atoms with Crippen LogP contribution >= 0.6 is 0 Å². The van der Waals surface area contributed by atoms with E-state index in [2.05, 4.69) is 16.0 Å². The van der Waals surface area contributed by atoms with Crippen LogP contribution < -0.4 is 16.0 Å². The third kappa shape index (κ3) is 11.9. The molecule has 6 N–H and O–H groups in total. The van der Waals surface area contributed by atoms with Gasteiger partial charge in [0, 0.05) is 19.6 Å². The molecule has 3 rings (SSSR count). The predicted molar refractivity (Wildman–Crippen MR) is 175 cm³/mol. The minimum Gasteiger partial charge on any atom is -0.444 e. The molecule has 0 bridgehead atoms. The number of methoxy groups -OCH3 is 1. The molecule has 12 heteroatoms. The maximum Gasteiger partial charge on any atom is 0.407 e. The topological polar surface area (TPSA) is 176 Å². The van der Waals surface area contributed by atoms with Gasteiger partial charge in [-0.3, -0.25) is 9.59 Å². The van der Waals surface area contributed by atoms with E-state index in [1.807, 2.05) is 60.7 Å². The van der Waals surface area contributed by atoms with E-state index in [4.69, 9.17) is 14.2 Å². The molecule has 12 nitrogen and oxygen atoms in total. The van der Waals surface area contributed by atoms with Crippen LogP contribution in [0, 0.1) is 11.8 Å². The van der Waals surface area contributed by atoms with E-state index in [-0.39, 0.29) is 25.3 Å². The molecule has 1 unspecified atom stereocenters. The summed E-state index contributed by atoms with van der Waals surface area (Å²) in [7, 11) is 1.34. The highest BCUT2D eigenvalue weighted by atomic mass is 16.7. The first-order valence-electron chi connectivity index (χ1n) is 16.1. The van der Waals surface area contributed by atoms with Crippen molar-refractivity contribution in [3.8, 4) is 0 Å². The number of aliphatic hydroxyl groups is 3. The van der Waals surface area contributed by atoms with Gasteiger partial charge in [0.2, 0.25) is 11.8 Å². The van der Waals surface area contributed by atoms with Crippen molar-refractivity contribution in [3.63, 3.8) is 0 Å². The summed E-state index contributed by atoms with van der Waals surface area (Å²) in [5, 5.41) is 40.3. The molecule has 0 radical (unpaired) electrons. The monoisotopic (exact) mass is 657 g/mol. The number of nitrogens with one attached hydrogen (secondary N) is 3. The third-order valence-electron chi connectivity index (χ3n) is 7.96. The van der Waals surface area contributed by atoms with Gasteiger partial charge in [-0.25, -0.2) is 4.79 Å². The number of alkyl carbamates (subject to hydrolysis) is 1. The Bertz CT molecular complexity index is 1270. The van der Waals surface area contributed by atoms with Crippen LogP contribution in [-0.4, -0.2) is 95.3 Å². The van der Waals surface area contributed by atoms with Gasteiger partial charge < -0.3 is 45.5 Å². The molecule has 8 atom stereocenters. The first-order valence-corrected chi connectivity index (χ1v) is 16.1. The average Bonchev–Trinajstić information content (AvgIpc) is 3.29. The van der Waals surface area contributed by atoms with E-state index in [1.165, 1.54) is 7.11 Å². The molecule has 1 heterocycles. The lowest BCUT2D eigenvalue weighted by Crippen LogP contribution is -2.54. The van der Waals surface area contributed by atoms with Gasteiger partial charge in [-0.15, -0.1) is 0 Å². The highest BCUT2D eigenvalue weighted by Gasteiger charge is 2.43.